The van der Waals surface area contributed by atoms with Crippen LogP contribution in [0.15, 0.2) is 36.5 Å². The molecule has 0 atom stereocenters. The zero-order valence-electron chi connectivity index (χ0n) is 20.5. The number of benzene rings is 1. The number of amides is 3. The standard InChI is InChI=1S/C26H35N5O4/c1-3-27-26(35)29-15-13-21(14-16-29)31(24(32)19-11-9-18(2)10-12-19)23-22(25(33)34)17-30(28-23)20-7-5-4-6-8-20/h4-8,17-19,21H,3,9-16H2,1-2H3,(H,27,35)(H,33,34). The Morgan fingerprint density at radius 3 is 2.31 bits per heavy atom. The van der Waals surface area contributed by atoms with Crippen molar-refractivity contribution in [1.82, 2.24) is 20.0 Å². The first-order valence-corrected chi connectivity index (χ1v) is 12.6. The van der Waals surface area contributed by atoms with Gasteiger partial charge in [-0.3, -0.25) is 9.69 Å². The minimum absolute atomic E-state index is 0.0116. The van der Waals surface area contributed by atoms with Crippen LogP contribution in [0.5, 0.6) is 0 Å². The van der Waals surface area contributed by atoms with Crippen LogP contribution in [-0.4, -0.2) is 63.4 Å². The minimum Gasteiger partial charge on any atom is -0.477 e. The van der Waals surface area contributed by atoms with Gasteiger partial charge in [0.15, 0.2) is 5.82 Å². The molecule has 1 aliphatic heterocycles. The Morgan fingerprint density at radius 2 is 1.71 bits per heavy atom. The third-order valence-electron chi connectivity index (χ3n) is 7.22. The van der Waals surface area contributed by atoms with Gasteiger partial charge in [0.1, 0.15) is 5.56 Å². The van der Waals surface area contributed by atoms with E-state index >= 15 is 0 Å². The number of likely N-dealkylation sites (tertiary alicyclic amines) is 1. The summed E-state index contributed by atoms with van der Waals surface area (Å²) in [7, 11) is 0. The van der Waals surface area contributed by atoms with Crippen molar-refractivity contribution in [2.24, 2.45) is 11.8 Å². The van der Waals surface area contributed by atoms with E-state index in [1.54, 1.807) is 9.80 Å². The first-order valence-electron chi connectivity index (χ1n) is 12.6. The molecule has 0 bridgehead atoms. The molecule has 9 nitrogen and oxygen atoms in total. The lowest BCUT2D eigenvalue weighted by atomic mass is 9.82. The number of urea groups is 1. The lowest BCUT2D eigenvalue weighted by Crippen LogP contribution is -2.52. The lowest BCUT2D eigenvalue weighted by molar-refractivity contribution is -0.124. The molecule has 0 unspecified atom stereocenters. The second kappa shape index (κ2) is 10.9. The van der Waals surface area contributed by atoms with Crippen molar-refractivity contribution in [3.63, 3.8) is 0 Å². The largest absolute Gasteiger partial charge is 0.477 e. The number of carbonyl (C=O) groups excluding carboxylic acids is 2. The van der Waals surface area contributed by atoms with Crippen LogP contribution in [0.2, 0.25) is 0 Å². The van der Waals surface area contributed by atoms with E-state index < -0.39 is 5.97 Å². The summed E-state index contributed by atoms with van der Waals surface area (Å²) in [4.78, 5) is 41.9. The molecule has 9 heteroatoms. The molecule has 0 radical (unpaired) electrons. The topological polar surface area (TPSA) is 108 Å². The summed E-state index contributed by atoms with van der Waals surface area (Å²) in [6.07, 6.45) is 6.22. The average molecular weight is 482 g/mol. The van der Waals surface area contributed by atoms with Gasteiger partial charge in [-0.15, -0.1) is 5.10 Å². The lowest BCUT2D eigenvalue weighted by Gasteiger charge is -2.39. The van der Waals surface area contributed by atoms with Gasteiger partial charge in [-0.05, 0) is 63.5 Å². The smallest absolute Gasteiger partial charge is 0.341 e. The average Bonchev–Trinajstić information content (AvgIpc) is 3.31. The number of carboxylic acid groups (broad SMARTS) is 1. The number of rotatable bonds is 6. The van der Waals surface area contributed by atoms with Crippen LogP contribution in [0.25, 0.3) is 5.69 Å². The summed E-state index contributed by atoms with van der Waals surface area (Å²) in [6, 6.07) is 8.98. The maximum Gasteiger partial charge on any atom is 0.341 e. The number of carboxylic acids is 1. The van der Waals surface area contributed by atoms with Gasteiger partial charge >= 0.3 is 12.0 Å². The van der Waals surface area contributed by atoms with Gasteiger partial charge in [0.2, 0.25) is 5.91 Å². The highest BCUT2D eigenvalue weighted by Gasteiger charge is 2.38. The Labute approximate surface area is 206 Å². The van der Waals surface area contributed by atoms with Crippen LogP contribution in [-0.2, 0) is 4.79 Å². The molecule has 4 rings (SSSR count). The van der Waals surface area contributed by atoms with E-state index in [4.69, 9.17) is 0 Å². The number of piperidine rings is 1. The Balaban J connectivity index is 1.67. The molecule has 2 N–H and O–H groups in total. The molecule has 1 aromatic carbocycles. The normalized spacial score (nSPS) is 20.9. The Hall–Kier alpha value is -3.36. The van der Waals surface area contributed by atoms with Crippen molar-refractivity contribution in [2.45, 2.75) is 58.4 Å². The molecule has 1 saturated heterocycles. The van der Waals surface area contributed by atoms with Gasteiger partial charge < -0.3 is 15.3 Å². The van der Waals surface area contributed by atoms with E-state index in [9.17, 15) is 19.5 Å². The van der Waals surface area contributed by atoms with E-state index in [0.29, 0.717) is 38.4 Å². The van der Waals surface area contributed by atoms with Gasteiger partial charge in [-0.25, -0.2) is 14.3 Å². The van der Waals surface area contributed by atoms with Crippen LogP contribution in [0.3, 0.4) is 0 Å². The molecule has 3 amide bonds. The highest BCUT2D eigenvalue weighted by atomic mass is 16.4. The van der Waals surface area contributed by atoms with E-state index in [0.717, 1.165) is 31.4 Å². The number of nitrogens with one attached hydrogen (secondary N) is 1. The Bertz CT molecular complexity index is 1040. The second-order valence-corrected chi connectivity index (χ2v) is 9.67. The minimum atomic E-state index is -1.11. The van der Waals surface area contributed by atoms with Gasteiger partial charge in [-0.1, -0.05) is 25.1 Å². The summed E-state index contributed by atoms with van der Waals surface area (Å²) in [6.45, 7) is 5.65. The second-order valence-electron chi connectivity index (χ2n) is 9.67. The first-order chi connectivity index (χ1) is 16.9. The first kappa shape index (κ1) is 24.8. The van der Waals surface area contributed by atoms with Gasteiger partial charge in [0, 0.05) is 37.8 Å². The van der Waals surface area contributed by atoms with Crippen molar-refractivity contribution in [3.05, 3.63) is 42.1 Å². The number of aromatic nitrogens is 2. The van der Waals surface area contributed by atoms with Gasteiger partial charge in [0.25, 0.3) is 0 Å². The summed E-state index contributed by atoms with van der Waals surface area (Å²) < 4.78 is 1.53. The van der Waals surface area contributed by atoms with Crippen molar-refractivity contribution >= 4 is 23.7 Å². The van der Waals surface area contributed by atoms with Crippen LogP contribution < -0.4 is 10.2 Å². The molecular formula is C26H35N5O4. The van der Waals surface area contributed by atoms with E-state index in [2.05, 4.69) is 17.3 Å². The molecule has 2 aromatic rings. The zero-order chi connectivity index (χ0) is 24.9. The van der Waals surface area contributed by atoms with Crippen molar-refractivity contribution in [2.75, 3.05) is 24.5 Å². The van der Waals surface area contributed by atoms with Crippen molar-refractivity contribution < 1.29 is 19.5 Å². The maximum absolute atomic E-state index is 13.9. The molecule has 1 aliphatic carbocycles. The summed E-state index contributed by atoms with van der Waals surface area (Å²) in [5, 5.41) is 17.5. The third-order valence-corrected chi connectivity index (χ3v) is 7.22. The SMILES string of the molecule is CCNC(=O)N1CCC(N(C(=O)C2CCC(C)CC2)c2nn(-c3ccccc3)cc2C(=O)O)CC1. The van der Waals surface area contributed by atoms with Crippen molar-refractivity contribution in [1.29, 1.82) is 0 Å². The highest BCUT2D eigenvalue weighted by molar-refractivity contribution is 6.02. The van der Waals surface area contributed by atoms with E-state index in [1.165, 1.54) is 10.9 Å². The molecule has 2 heterocycles. The fraction of sp³-hybridized carbons (Fsp3) is 0.538. The van der Waals surface area contributed by atoms with Crippen molar-refractivity contribution in [3.8, 4) is 5.69 Å². The maximum atomic E-state index is 13.9. The predicted molar refractivity (Wildman–Crippen MR) is 133 cm³/mol. The Kier molecular flexibility index (Phi) is 7.73. The molecule has 1 aromatic heterocycles. The Morgan fingerprint density at radius 1 is 1.06 bits per heavy atom. The number of nitrogens with zero attached hydrogens (tertiary/aromatic N) is 4. The highest BCUT2D eigenvalue weighted by Crippen LogP contribution is 2.34. The molecule has 2 aliphatic rings. The molecule has 188 valence electrons. The summed E-state index contributed by atoms with van der Waals surface area (Å²) in [5.41, 5.74) is 0.740. The van der Waals surface area contributed by atoms with Crippen LogP contribution in [0.4, 0.5) is 10.6 Å². The van der Waals surface area contributed by atoms with Gasteiger partial charge in [-0.2, -0.15) is 0 Å². The fourth-order valence-corrected chi connectivity index (χ4v) is 5.16. The summed E-state index contributed by atoms with van der Waals surface area (Å²) >= 11 is 0. The van der Waals surface area contributed by atoms with E-state index in [1.807, 2.05) is 37.3 Å². The van der Waals surface area contributed by atoms with E-state index in [-0.39, 0.29) is 35.3 Å². The predicted octanol–water partition coefficient (Wildman–Crippen LogP) is 3.92. The van der Waals surface area contributed by atoms with Crippen LogP contribution in [0, 0.1) is 11.8 Å². The van der Waals surface area contributed by atoms with Gasteiger partial charge in [0.05, 0.1) is 5.69 Å². The third kappa shape index (κ3) is 5.49. The number of hydrogen-bond acceptors (Lipinski definition) is 4. The number of carbonyl (C=O) groups is 3. The van der Waals surface area contributed by atoms with Crippen LogP contribution in [0.1, 0.15) is 62.7 Å². The number of aromatic carboxylic acids is 1. The number of anilines is 1. The number of hydrogen-bond donors (Lipinski definition) is 2. The van der Waals surface area contributed by atoms with Crippen LogP contribution >= 0.6 is 0 Å². The monoisotopic (exact) mass is 481 g/mol. The number of para-hydroxylation sites is 1. The molecule has 0 spiro atoms. The quantitative estimate of drug-likeness (QED) is 0.650. The molecule has 2 fully saturated rings. The molecular weight excluding hydrogens is 446 g/mol. The zero-order valence-corrected chi connectivity index (χ0v) is 20.5. The fourth-order valence-electron chi connectivity index (χ4n) is 5.16. The summed E-state index contributed by atoms with van der Waals surface area (Å²) in [5.74, 6) is -0.511. The molecule has 35 heavy (non-hydrogen) atoms. The molecule has 1 saturated carbocycles.